The Morgan fingerprint density at radius 2 is 1.95 bits per heavy atom. The van der Waals surface area contributed by atoms with Gasteiger partial charge in [-0.15, -0.1) is 12.4 Å². The number of hydrogen-bond acceptors (Lipinski definition) is 2. The molecule has 3 nitrogen and oxygen atoms in total. The predicted molar refractivity (Wildman–Crippen MR) is 68.5 cm³/mol. The smallest absolute Gasteiger partial charge is 0.324 e. The highest BCUT2D eigenvalue weighted by Gasteiger charge is 2.46. The van der Waals surface area contributed by atoms with Crippen LogP contribution in [0.3, 0.4) is 0 Å². The van der Waals surface area contributed by atoms with Crippen LogP contribution in [0.2, 0.25) is 5.02 Å². The minimum Gasteiger partial charge on any atom is -0.324 e. The van der Waals surface area contributed by atoms with Crippen LogP contribution in [0.4, 0.5) is 18.9 Å². The van der Waals surface area contributed by atoms with Crippen molar-refractivity contribution in [2.45, 2.75) is 24.6 Å². The summed E-state index contributed by atoms with van der Waals surface area (Å²) in [7, 11) is 0. The van der Waals surface area contributed by atoms with Gasteiger partial charge in [0.1, 0.15) is 0 Å². The summed E-state index contributed by atoms with van der Waals surface area (Å²) in [5, 5.41) is 1.95. The molecule has 0 aromatic heterocycles. The molecular weight excluding hydrogens is 304 g/mol. The Balaban J connectivity index is 0.00000180. The fourth-order valence-electron chi connectivity index (χ4n) is 1.44. The molecular formula is C11H11Cl2F3N2O. The van der Waals surface area contributed by atoms with Gasteiger partial charge in [0.05, 0.1) is 16.1 Å². The maximum absolute atomic E-state index is 12.6. The fourth-order valence-corrected chi connectivity index (χ4v) is 1.66. The largest absolute Gasteiger partial charge is 0.417 e. The molecule has 0 spiro atoms. The third-order valence-corrected chi connectivity index (χ3v) is 3.10. The van der Waals surface area contributed by atoms with Crippen molar-refractivity contribution in [2.75, 3.05) is 5.32 Å². The maximum Gasteiger partial charge on any atom is 0.417 e. The Morgan fingerprint density at radius 1 is 1.37 bits per heavy atom. The first-order valence-corrected chi connectivity index (χ1v) is 5.57. The number of carbonyl (C=O) groups is 1. The Morgan fingerprint density at radius 3 is 2.42 bits per heavy atom. The van der Waals surface area contributed by atoms with Crippen molar-refractivity contribution in [2.24, 2.45) is 5.73 Å². The van der Waals surface area contributed by atoms with Gasteiger partial charge in [-0.2, -0.15) is 13.2 Å². The zero-order valence-corrected chi connectivity index (χ0v) is 11.1. The highest BCUT2D eigenvalue weighted by atomic mass is 35.5. The molecule has 0 heterocycles. The predicted octanol–water partition coefficient (Wildman–Crippen LogP) is 3.21. The van der Waals surface area contributed by atoms with E-state index in [2.05, 4.69) is 5.32 Å². The number of nitrogens with two attached hydrogens (primary N) is 1. The number of hydrogen-bond donors (Lipinski definition) is 2. The molecule has 0 bridgehead atoms. The van der Waals surface area contributed by atoms with Crippen LogP contribution in [0.25, 0.3) is 0 Å². The van der Waals surface area contributed by atoms with Crippen LogP contribution in [0, 0.1) is 0 Å². The van der Waals surface area contributed by atoms with Crippen molar-refractivity contribution in [3.05, 3.63) is 28.8 Å². The van der Waals surface area contributed by atoms with E-state index in [0.29, 0.717) is 12.8 Å². The molecule has 8 heteroatoms. The monoisotopic (exact) mass is 314 g/mol. The molecule has 1 amide bonds. The van der Waals surface area contributed by atoms with Crippen molar-refractivity contribution >= 4 is 35.6 Å². The fraction of sp³-hybridized carbons (Fsp3) is 0.364. The van der Waals surface area contributed by atoms with Crippen LogP contribution >= 0.6 is 24.0 Å². The third-order valence-electron chi connectivity index (χ3n) is 2.77. The summed E-state index contributed by atoms with van der Waals surface area (Å²) in [6.07, 6.45) is -3.48. The van der Waals surface area contributed by atoms with Crippen molar-refractivity contribution in [1.82, 2.24) is 0 Å². The average molecular weight is 315 g/mol. The minimum absolute atomic E-state index is 0. The van der Waals surface area contributed by atoms with Crippen LogP contribution in [-0.2, 0) is 11.0 Å². The molecule has 1 aliphatic carbocycles. The zero-order chi connectivity index (χ0) is 13.6. The lowest BCUT2D eigenvalue weighted by Gasteiger charge is -2.13. The summed E-state index contributed by atoms with van der Waals surface area (Å²) in [5.74, 6) is -0.474. The normalized spacial score (nSPS) is 16.5. The van der Waals surface area contributed by atoms with Gasteiger partial charge in [0.2, 0.25) is 5.91 Å². The Labute approximate surface area is 118 Å². The number of amides is 1. The van der Waals surface area contributed by atoms with E-state index in [1.54, 1.807) is 0 Å². The SMILES string of the molecule is Cl.NC1(C(=O)Nc2ccc(Cl)c(C(F)(F)F)c2)CC1. The molecule has 0 aliphatic heterocycles. The summed E-state index contributed by atoms with van der Waals surface area (Å²) in [6, 6.07) is 3.20. The van der Waals surface area contributed by atoms with Crippen LogP contribution in [-0.4, -0.2) is 11.4 Å². The Bertz CT molecular complexity index is 501. The first kappa shape index (κ1) is 16.1. The van der Waals surface area contributed by atoms with E-state index in [9.17, 15) is 18.0 Å². The number of nitrogens with one attached hydrogen (secondary N) is 1. The number of anilines is 1. The summed E-state index contributed by atoms with van der Waals surface area (Å²) in [4.78, 5) is 11.6. The van der Waals surface area contributed by atoms with Crippen molar-refractivity contribution in [3.8, 4) is 0 Å². The standard InChI is InChI=1S/C11H10ClF3N2O.ClH/c12-8-2-1-6(5-7(8)11(13,14)15)17-9(18)10(16)3-4-10;/h1-2,5H,3-4,16H2,(H,17,18);1H. The summed E-state index contributed by atoms with van der Waals surface area (Å²) >= 11 is 5.46. The molecule has 2 rings (SSSR count). The van der Waals surface area contributed by atoms with Gasteiger partial charge < -0.3 is 11.1 Å². The molecule has 3 N–H and O–H groups in total. The second-order valence-corrected chi connectivity index (χ2v) is 4.71. The number of carbonyl (C=O) groups excluding carboxylic acids is 1. The maximum atomic E-state index is 12.6. The van der Waals surface area contributed by atoms with E-state index < -0.39 is 28.2 Å². The van der Waals surface area contributed by atoms with Gasteiger partial charge in [-0.1, -0.05) is 11.6 Å². The molecule has 0 atom stereocenters. The second-order valence-electron chi connectivity index (χ2n) is 4.30. The van der Waals surface area contributed by atoms with Gasteiger partial charge in [0, 0.05) is 5.69 Å². The van der Waals surface area contributed by atoms with E-state index in [-0.39, 0.29) is 18.1 Å². The Kier molecular flexibility index (Phi) is 4.39. The van der Waals surface area contributed by atoms with E-state index in [0.717, 1.165) is 12.1 Å². The summed E-state index contributed by atoms with van der Waals surface area (Å²) in [6.45, 7) is 0. The zero-order valence-electron chi connectivity index (χ0n) is 9.55. The summed E-state index contributed by atoms with van der Waals surface area (Å²) < 4.78 is 37.8. The van der Waals surface area contributed by atoms with Crippen LogP contribution in [0.5, 0.6) is 0 Å². The van der Waals surface area contributed by atoms with Crippen LogP contribution < -0.4 is 11.1 Å². The molecule has 0 radical (unpaired) electrons. The molecule has 1 aliphatic rings. The van der Waals surface area contributed by atoms with Gasteiger partial charge in [-0.25, -0.2) is 0 Å². The minimum atomic E-state index is -4.56. The Hall–Kier alpha value is -0.980. The highest BCUT2D eigenvalue weighted by molar-refractivity contribution is 6.31. The molecule has 1 fully saturated rings. The van der Waals surface area contributed by atoms with Gasteiger partial charge >= 0.3 is 6.18 Å². The lowest BCUT2D eigenvalue weighted by atomic mass is 10.1. The van der Waals surface area contributed by atoms with Crippen molar-refractivity contribution < 1.29 is 18.0 Å². The van der Waals surface area contributed by atoms with Crippen molar-refractivity contribution in [3.63, 3.8) is 0 Å². The topological polar surface area (TPSA) is 55.1 Å². The number of rotatable bonds is 2. The quantitative estimate of drug-likeness (QED) is 0.880. The number of benzene rings is 1. The second kappa shape index (κ2) is 5.19. The van der Waals surface area contributed by atoms with Crippen LogP contribution in [0.15, 0.2) is 18.2 Å². The highest BCUT2D eigenvalue weighted by Crippen LogP contribution is 2.37. The van der Waals surface area contributed by atoms with Crippen molar-refractivity contribution in [1.29, 1.82) is 0 Å². The van der Waals surface area contributed by atoms with E-state index in [4.69, 9.17) is 17.3 Å². The van der Waals surface area contributed by atoms with Gasteiger partial charge in [0.15, 0.2) is 0 Å². The van der Waals surface area contributed by atoms with E-state index >= 15 is 0 Å². The molecule has 19 heavy (non-hydrogen) atoms. The van der Waals surface area contributed by atoms with Gasteiger partial charge in [-0.3, -0.25) is 4.79 Å². The molecule has 0 saturated heterocycles. The van der Waals surface area contributed by atoms with Gasteiger partial charge in [-0.05, 0) is 31.0 Å². The molecule has 1 aromatic carbocycles. The molecule has 0 unspecified atom stereocenters. The van der Waals surface area contributed by atoms with E-state index in [1.807, 2.05) is 0 Å². The summed E-state index contributed by atoms with van der Waals surface area (Å²) in [5.41, 5.74) is 3.75. The third kappa shape index (κ3) is 3.52. The first-order chi connectivity index (χ1) is 8.22. The molecule has 1 saturated carbocycles. The number of alkyl halides is 3. The lowest BCUT2D eigenvalue weighted by Crippen LogP contribution is -2.37. The average Bonchev–Trinajstić information content (AvgIpc) is 2.99. The van der Waals surface area contributed by atoms with Gasteiger partial charge in [0.25, 0.3) is 0 Å². The lowest BCUT2D eigenvalue weighted by molar-refractivity contribution is -0.137. The molecule has 1 aromatic rings. The first-order valence-electron chi connectivity index (χ1n) is 5.19. The number of halogens is 5. The molecule has 106 valence electrons. The van der Waals surface area contributed by atoms with E-state index in [1.165, 1.54) is 6.07 Å². The van der Waals surface area contributed by atoms with Crippen LogP contribution in [0.1, 0.15) is 18.4 Å².